The second-order valence-corrected chi connectivity index (χ2v) is 5.77. The Balaban J connectivity index is 1.78. The van der Waals surface area contributed by atoms with Crippen molar-refractivity contribution in [3.63, 3.8) is 0 Å². The Kier molecular flexibility index (Phi) is 6.48. The summed E-state index contributed by atoms with van der Waals surface area (Å²) in [5.74, 6) is 5.13. The van der Waals surface area contributed by atoms with E-state index in [0.29, 0.717) is 5.56 Å². The van der Waals surface area contributed by atoms with Crippen LogP contribution in [0.15, 0.2) is 53.0 Å². The van der Waals surface area contributed by atoms with E-state index in [1.54, 1.807) is 24.3 Å². The molecule has 1 N–H and O–H groups in total. The third-order valence-corrected chi connectivity index (χ3v) is 3.57. The molecule has 3 nitrogen and oxygen atoms in total. The standard InChI is InChI=1S/C18H13BrF3NO2/c19-15-8-6-13(7-9-15)17(24)23-10-1-2-11-25-16-5-3-4-14(12-16)18(20,21)22/h3-9,12H,10-11H2,(H,23,24). The van der Waals surface area contributed by atoms with Gasteiger partial charge in [0.1, 0.15) is 12.4 Å². The van der Waals surface area contributed by atoms with Gasteiger partial charge in [-0.2, -0.15) is 13.2 Å². The predicted octanol–water partition coefficient (Wildman–Crippen LogP) is 4.28. The van der Waals surface area contributed by atoms with Gasteiger partial charge < -0.3 is 10.1 Å². The van der Waals surface area contributed by atoms with Crippen molar-refractivity contribution in [3.05, 3.63) is 64.1 Å². The molecule has 0 heterocycles. The minimum atomic E-state index is -4.41. The minimum Gasteiger partial charge on any atom is -0.481 e. The van der Waals surface area contributed by atoms with Gasteiger partial charge >= 0.3 is 6.18 Å². The SMILES string of the molecule is O=C(NCC#CCOc1cccc(C(F)(F)F)c1)c1ccc(Br)cc1. The molecule has 0 aliphatic heterocycles. The average Bonchev–Trinajstić information content (AvgIpc) is 2.58. The molecule has 0 unspecified atom stereocenters. The maximum absolute atomic E-state index is 12.6. The van der Waals surface area contributed by atoms with Gasteiger partial charge in [-0.15, -0.1) is 0 Å². The average molecular weight is 412 g/mol. The minimum absolute atomic E-state index is 0.0739. The van der Waals surface area contributed by atoms with Crippen LogP contribution in [0.3, 0.4) is 0 Å². The van der Waals surface area contributed by atoms with E-state index in [1.165, 1.54) is 12.1 Å². The van der Waals surface area contributed by atoms with Crippen LogP contribution in [0, 0.1) is 11.8 Å². The molecule has 0 radical (unpaired) electrons. The van der Waals surface area contributed by atoms with Gasteiger partial charge in [0.25, 0.3) is 5.91 Å². The molecule has 0 aromatic heterocycles. The lowest BCUT2D eigenvalue weighted by molar-refractivity contribution is -0.137. The monoisotopic (exact) mass is 411 g/mol. The molecule has 0 fully saturated rings. The van der Waals surface area contributed by atoms with Gasteiger partial charge in [0.05, 0.1) is 12.1 Å². The summed E-state index contributed by atoms with van der Waals surface area (Å²) in [6, 6.07) is 11.4. The van der Waals surface area contributed by atoms with Crippen molar-refractivity contribution in [2.45, 2.75) is 6.18 Å². The number of benzene rings is 2. The number of carbonyl (C=O) groups is 1. The first-order valence-electron chi connectivity index (χ1n) is 7.16. The van der Waals surface area contributed by atoms with Gasteiger partial charge in [-0.05, 0) is 42.5 Å². The molecule has 0 saturated carbocycles. The Morgan fingerprint density at radius 1 is 1.12 bits per heavy atom. The summed E-state index contributed by atoms with van der Waals surface area (Å²) >= 11 is 3.28. The molecule has 0 spiro atoms. The van der Waals surface area contributed by atoms with Gasteiger partial charge in [-0.3, -0.25) is 4.79 Å². The van der Waals surface area contributed by atoms with Crippen LogP contribution in [-0.4, -0.2) is 19.1 Å². The zero-order valence-corrected chi connectivity index (χ0v) is 14.4. The Bertz CT molecular complexity index is 792. The number of rotatable bonds is 4. The second kappa shape index (κ2) is 8.58. The second-order valence-electron chi connectivity index (χ2n) is 4.86. The van der Waals surface area contributed by atoms with Crippen molar-refractivity contribution in [2.24, 2.45) is 0 Å². The predicted molar refractivity (Wildman–Crippen MR) is 91.2 cm³/mol. The molecule has 0 saturated heterocycles. The summed E-state index contributed by atoms with van der Waals surface area (Å²) in [7, 11) is 0. The number of hydrogen-bond donors (Lipinski definition) is 1. The lowest BCUT2D eigenvalue weighted by Crippen LogP contribution is -2.23. The van der Waals surface area contributed by atoms with Crippen molar-refractivity contribution in [3.8, 4) is 17.6 Å². The maximum Gasteiger partial charge on any atom is 0.416 e. The number of alkyl halides is 3. The highest BCUT2D eigenvalue weighted by Gasteiger charge is 2.30. The first kappa shape index (κ1) is 18.9. The molecular formula is C18H13BrF3NO2. The number of nitrogens with one attached hydrogen (secondary N) is 1. The van der Waals surface area contributed by atoms with Crippen molar-refractivity contribution in [2.75, 3.05) is 13.2 Å². The van der Waals surface area contributed by atoms with Crippen LogP contribution in [0.25, 0.3) is 0 Å². The van der Waals surface area contributed by atoms with E-state index < -0.39 is 11.7 Å². The maximum atomic E-state index is 12.6. The van der Waals surface area contributed by atoms with Crippen LogP contribution in [0.1, 0.15) is 15.9 Å². The van der Waals surface area contributed by atoms with E-state index in [-0.39, 0.29) is 24.8 Å². The Hall–Kier alpha value is -2.46. The first-order chi connectivity index (χ1) is 11.9. The third-order valence-electron chi connectivity index (χ3n) is 3.04. The summed E-state index contributed by atoms with van der Waals surface area (Å²) in [5.41, 5.74) is -0.273. The first-order valence-corrected chi connectivity index (χ1v) is 7.95. The van der Waals surface area contributed by atoms with E-state index in [0.717, 1.165) is 16.6 Å². The summed E-state index contributed by atoms with van der Waals surface area (Å²) in [6.45, 7) is 0.0380. The van der Waals surface area contributed by atoms with Gasteiger partial charge in [0.15, 0.2) is 0 Å². The lowest BCUT2D eigenvalue weighted by Gasteiger charge is -2.08. The Morgan fingerprint density at radius 2 is 1.84 bits per heavy atom. The zero-order valence-electron chi connectivity index (χ0n) is 12.9. The van der Waals surface area contributed by atoms with E-state index in [9.17, 15) is 18.0 Å². The van der Waals surface area contributed by atoms with Crippen molar-refractivity contribution in [1.82, 2.24) is 5.32 Å². The van der Waals surface area contributed by atoms with E-state index in [4.69, 9.17) is 4.74 Å². The number of amides is 1. The number of halogens is 4. The van der Waals surface area contributed by atoms with Gasteiger partial charge in [0.2, 0.25) is 0 Å². The fraction of sp³-hybridized carbons (Fsp3) is 0.167. The molecule has 0 aliphatic rings. The van der Waals surface area contributed by atoms with Crippen LogP contribution in [0.4, 0.5) is 13.2 Å². The molecule has 0 aliphatic carbocycles. The van der Waals surface area contributed by atoms with E-state index in [2.05, 4.69) is 33.1 Å². The molecule has 2 aromatic carbocycles. The summed E-state index contributed by atoms with van der Waals surface area (Å²) in [5, 5.41) is 2.61. The molecular weight excluding hydrogens is 399 g/mol. The third kappa shape index (κ3) is 6.16. The van der Waals surface area contributed by atoms with Crippen LogP contribution in [0.2, 0.25) is 0 Å². The molecule has 1 amide bonds. The fourth-order valence-corrected chi connectivity index (χ4v) is 2.09. The van der Waals surface area contributed by atoms with Gasteiger partial charge in [-0.1, -0.05) is 33.8 Å². The fourth-order valence-electron chi connectivity index (χ4n) is 1.82. The van der Waals surface area contributed by atoms with E-state index in [1.807, 2.05) is 0 Å². The number of carbonyl (C=O) groups excluding carboxylic acids is 1. The molecule has 0 bridgehead atoms. The number of hydrogen-bond acceptors (Lipinski definition) is 2. The molecule has 130 valence electrons. The quantitative estimate of drug-likeness (QED) is 0.762. The van der Waals surface area contributed by atoms with Crippen LogP contribution in [-0.2, 0) is 6.18 Å². The molecule has 25 heavy (non-hydrogen) atoms. The highest BCUT2D eigenvalue weighted by atomic mass is 79.9. The van der Waals surface area contributed by atoms with Gasteiger partial charge in [0, 0.05) is 10.0 Å². The molecule has 7 heteroatoms. The molecule has 2 aromatic rings. The van der Waals surface area contributed by atoms with Crippen molar-refractivity contribution < 1.29 is 22.7 Å². The summed E-state index contributed by atoms with van der Waals surface area (Å²) in [4.78, 5) is 11.8. The topological polar surface area (TPSA) is 38.3 Å². The van der Waals surface area contributed by atoms with Crippen LogP contribution < -0.4 is 10.1 Å². The van der Waals surface area contributed by atoms with Gasteiger partial charge in [-0.25, -0.2) is 0 Å². The lowest BCUT2D eigenvalue weighted by atomic mass is 10.2. The number of ether oxygens (including phenoxy) is 1. The van der Waals surface area contributed by atoms with Crippen molar-refractivity contribution in [1.29, 1.82) is 0 Å². The van der Waals surface area contributed by atoms with Crippen LogP contribution >= 0.6 is 15.9 Å². The summed E-state index contributed by atoms with van der Waals surface area (Å²) in [6.07, 6.45) is -4.41. The normalized spacial score (nSPS) is 10.6. The Labute approximate surface area is 151 Å². The molecule has 2 rings (SSSR count). The summed E-state index contributed by atoms with van der Waals surface area (Å²) < 4.78 is 43.7. The highest BCUT2D eigenvalue weighted by Crippen LogP contribution is 2.31. The highest BCUT2D eigenvalue weighted by molar-refractivity contribution is 9.10. The van der Waals surface area contributed by atoms with Crippen LogP contribution in [0.5, 0.6) is 5.75 Å². The van der Waals surface area contributed by atoms with E-state index >= 15 is 0 Å². The Morgan fingerprint density at radius 3 is 2.52 bits per heavy atom. The molecule has 0 atom stereocenters. The zero-order chi connectivity index (χ0) is 18.3. The smallest absolute Gasteiger partial charge is 0.416 e. The van der Waals surface area contributed by atoms with Crippen molar-refractivity contribution >= 4 is 21.8 Å². The largest absolute Gasteiger partial charge is 0.481 e.